The molecule has 0 atom stereocenters. The zero-order chi connectivity index (χ0) is 17.9. The number of thiophene rings is 1. The van der Waals surface area contributed by atoms with Crippen molar-refractivity contribution in [3.63, 3.8) is 0 Å². The van der Waals surface area contributed by atoms with Gasteiger partial charge in [-0.15, -0.1) is 11.3 Å². The van der Waals surface area contributed by atoms with Crippen molar-refractivity contribution in [1.82, 2.24) is 5.32 Å². The molecule has 2 fully saturated rings. The van der Waals surface area contributed by atoms with Gasteiger partial charge in [-0.05, 0) is 42.7 Å². The van der Waals surface area contributed by atoms with Crippen LogP contribution in [0.4, 0.5) is 0 Å². The van der Waals surface area contributed by atoms with Crippen LogP contribution in [0.25, 0.3) is 0 Å². The zero-order valence-corrected chi connectivity index (χ0v) is 16.0. The van der Waals surface area contributed by atoms with E-state index in [-0.39, 0.29) is 11.3 Å². The molecule has 4 rings (SSSR count). The van der Waals surface area contributed by atoms with Gasteiger partial charge in [0.2, 0.25) is 5.91 Å². The lowest BCUT2D eigenvalue weighted by Gasteiger charge is -2.38. The highest BCUT2D eigenvalue weighted by atomic mass is 32.1. The van der Waals surface area contributed by atoms with Crippen molar-refractivity contribution >= 4 is 17.2 Å². The summed E-state index contributed by atoms with van der Waals surface area (Å²) in [4.78, 5) is 14.9. The van der Waals surface area contributed by atoms with E-state index in [2.05, 4.69) is 35.0 Å². The molecule has 0 spiro atoms. The van der Waals surface area contributed by atoms with Gasteiger partial charge in [0.05, 0.1) is 5.41 Å². The zero-order valence-electron chi connectivity index (χ0n) is 15.2. The van der Waals surface area contributed by atoms with E-state index in [9.17, 15) is 4.79 Å². The third-order valence-corrected chi connectivity index (χ3v) is 7.42. The Labute approximate surface area is 159 Å². The maximum atomic E-state index is 13.4. The average molecular weight is 370 g/mol. The number of amides is 1. The van der Waals surface area contributed by atoms with E-state index in [1.165, 1.54) is 30.6 Å². The quantitative estimate of drug-likeness (QED) is 0.847. The number of benzene rings is 1. The van der Waals surface area contributed by atoms with Gasteiger partial charge >= 0.3 is 0 Å². The Balaban J connectivity index is 1.55. The summed E-state index contributed by atoms with van der Waals surface area (Å²) >= 11 is 1.83. The van der Waals surface area contributed by atoms with E-state index >= 15 is 0 Å². The van der Waals surface area contributed by atoms with Gasteiger partial charge in [-0.3, -0.25) is 4.79 Å². The molecule has 2 heterocycles. The number of rotatable bonds is 5. The van der Waals surface area contributed by atoms with E-state index in [0.29, 0.717) is 13.2 Å². The Hall–Kier alpha value is -1.65. The van der Waals surface area contributed by atoms with Gasteiger partial charge in [-0.2, -0.15) is 0 Å². The number of carbonyl (C=O) groups excluding carboxylic acids is 1. The number of nitrogens with one attached hydrogen (secondary N) is 1. The van der Waals surface area contributed by atoms with Crippen molar-refractivity contribution in [2.24, 2.45) is 0 Å². The molecule has 1 saturated carbocycles. The van der Waals surface area contributed by atoms with Gasteiger partial charge < -0.3 is 10.1 Å². The molecule has 1 N–H and O–H groups in total. The number of hydrogen-bond acceptors (Lipinski definition) is 3. The van der Waals surface area contributed by atoms with E-state index in [1.54, 1.807) is 0 Å². The first kappa shape index (κ1) is 17.7. The van der Waals surface area contributed by atoms with Gasteiger partial charge in [0, 0.05) is 30.1 Å². The molecule has 2 aliphatic rings. The molecule has 3 nitrogen and oxygen atoms in total. The van der Waals surface area contributed by atoms with Crippen LogP contribution in [-0.4, -0.2) is 25.7 Å². The maximum Gasteiger partial charge on any atom is 0.230 e. The number of ether oxygens (including phenoxy) is 1. The highest BCUT2D eigenvalue weighted by molar-refractivity contribution is 7.10. The highest BCUT2D eigenvalue weighted by Crippen LogP contribution is 2.43. The monoisotopic (exact) mass is 369 g/mol. The van der Waals surface area contributed by atoms with Gasteiger partial charge in [0.25, 0.3) is 0 Å². The summed E-state index contributed by atoms with van der Waals surface area (Å²) in [6.07, 6.45) is 6.38. The third-order valence-electron chi connectivity index (χ3n) is 6.30. The summed E-state index contributed by atoms with van der Waals surface area (Å²) in [5, 5.41) is 5.53. The van der Waals surface area contributed by atoms with Gasteiger partial charge in [0.1, 0.15) is 0 Å². The lowest BCUT2D eigenvalue weighted by Crippen LogP contribution is -2.51. The smallest absolute Gasteiger partial charge is 0.230 e. The van der Waals surface area contributed by atoms with Crippen LogP contribution in [0, 0.1) is 0 Å². The van der Waals surface area contributed by atoms with Crippen molar-refractivity contribution in [3.8, 4) is 0 Å². The Kier molecular flexibility index (Phi) is 5.14. The molecule has 138 valence electrons. The molecule has 1 saturated heterocycles. The minimum atomic E-state index is -0.450. The van der Waals surface area contributed by atoms with Crippen molar-refractivity contribution in [3.05, 3.63) is 58.3 Å². The summed E-state index contributed by atoms with van der Waals surface area (Å²) in [6, 6.07) is 14.6. The second kappa shape index (κ2) is 7.53. The van der Waals surface area contributed by atoms with Crippen molar-refractivity contribution in [2.45, 2.75) is 49.4 Å². The lowest BCUT2D eigenvalue weighted by atomic mass is 9.73. The molecule has 0 radical (unpaired) electrons. The van der Waals surface area contributed by atoms with E-state index in [1.807, 2.05) is 29.5 Å². The lowest BCUT2D eigenvalue weighted by molar-refractivity contribution is -0.130. The van der Waals surface area contributed by atoms with Gasteiger partial charge in [0.15, 0.2) is 0 Å². The molecule has 1 aromatic heterocycles. The fourth-order valence-electron chi connectivity index (χ4n) is 4.68. The van der Waals surface area contributed by atoms with Crippen LogP contribution < -0.4 is 5.32 Å². The minimum absolute atomic E-state index is 0.132. The van der Waals surface area contributed by atoms with Crippen LogP contribution in [0.5, 0.6) is 0 Å². The largest absolute Gasteiger partial charge is 0.381 e. The first-order chi connectivity index (χ1) is 12.8. The molecule has 1 amide bonds. The number of hydrogen-bond donors (Lipinski definition) is 1. The maximum absolute atomic E-state index is 13.4. The van der Waals surface area contributed by atoms with Crippen LogP contribution in [0.3, 0.4) is 0 Å². The first-order valence-electron chi connectivity index (χ1n) is 9.71. The molecule has 26 heavy (non-hydrogen) atoms. The fraction of sp³-hybridized carbons (Fsp3) is 0.500. The molecule has 1 aliphatic carbocycles. The van der Waals surface area contributed by atoms with Crippen LogP contribution in [0.15, 0.2) is 47.8 Å². The summed E-state index contributed by atoms with van der Waals surface area (Å²) in [7, 11) is 0. The summed E-state index contributed by atoms with van der Waals surface area (Å²) in [5.74, 6) is 0.176. The SMILES string of the molecule is O=C(NCC1(c2cccs2)CCCC1)C1(c2ccccc2)CCOCC1. The topological polar surface area (TPSA) is 38.3 Å². The Morgan fingerprint density at radius 3 is 2.38 bits per heavy atom. The van der Waals surface area contributed by atoms with Crippen molar-refractivity contribution in [1.29, 1.82) is 0 Å². The predicted molar refractivity (Wildman–Crippen MR) is 106 cm³/mol. The molecular formula is C22H27NO2S. The highest BCUT2D eigenvalue weighted by Gasteiger charge is 2.43. The summed E-state index contributed by atoms with van der Waals surface area (Å²) in [6.45, 7) is 2.05. The standard InChI is InChI=1S/C22H27NO2S/c24-20(22(12-14-25-15-13-22)18-7-2-1-3-8-18)23-17-21(10-4-5-11-21)19-9-6-16-26-19/h1-3,6-9,16H,4-5,10-15,17H2,(H,23,24). The average Bonchev–Trinajstić information content (AvgIpc) is 3.40. The Morgan fingerprint density at radius 1 is 1.00 bits per heavy atom. The Bertz CT molecular complexity index is 714. The summed E-state index contributed by atoms with van der Waals surface area (Å²) < 4.78 is 5.57. The van der Waals surface area contributed by atoms with Gasteiger partial charge in [-0.1, -0.05) is 49.2 Å². The molecular weight excluding hydrogens is 342 g/mol. The molecule has 1 aliphatic heterocycles. The van der Waals surface area contributed by atoms with E-state index in [0.717, 1.165) is 24.9 Å². The summed E-state index contributed by atoms with van der Waals surface area (Å²) in [5.41, 5.74) is 0.805. The van der Waals surface area contributed by atoms with Crippen molar-refractivity contribution < 1.29 is 9.53 Å². The van der Waals surface area contributed by atoms with Crippen molar-refractivity contribution in [2.75, 3.05) is 19.8 Å². The predicted octanol–water partition coefficient (Wildman–Crippen LogP) is 4.42. The molecule has 2 aromatic rings. The fourth-order valence-corrected chi connectivity index (χ4v) is 5.67. The second-order valence-corrected chi connectivity index (χ2v) is 8.66. The van der Waals surface area contributed by atoms with Crippen LogP contribution >= 0.6 is 11.3 Å². The van der Waals surface area contributed by atoms with E-state index in [4.69, 9.17) is 4.74 Å². The van der Waals surface area contributed by atoms with Gasteiger partial charge in [-0.25, -0.2) is 0 Å². The number of carbonyl (C=O) groups is 1. The van der Waals surface area contributed by atoms with Crippen LogP contribution in [-0.2, 0) is 20.4 Å². The normalized spacial score (nSPS) is 21.4. The molecule has 0 bridgehead atoms. The second-order valence-electron chi connectivity index (χ2n) is 7.71. The minimum Gasteiger partial charge on any atom is -0.381 e. The first-order valence-corrected chi connectivity index (χ1v) is 10.6. The van der Waals surface area contributed by atoms with Crippen LogP contribution in [0.1, 0.15) is 49.0 Å². The molecule has 1 aromatic carbocycles. The third kappa shape index (κ3) is 3.21. The Morgan fingerprint density at radius 2 is 1.73 bits per heavy atom. The van der Waals surface area contributed by atoms with E-state index < -0.39 is 5.41 Å². The van der Waals surface area contributed by atoms with Crippen LogP contribution in [0.2, 0.25) is 0 Å². The molecule has 4 heteroatoms. The molecule has 0 unspecified atom stereocenters.